The number of halogens is 2. The van der Waals surface area contributed by atoms with E-state index in [-0.39, 0.29) is 18.2 Å². The van der Waals surface area contributed by atoms with E-state index in [1.54, 1.807) is 41.9 Å². The van der Waals surface area contributed by atoms with Gasteiger partial charge < -0.3 is 15.4 Å². The molecule has 1 unspecified atom stereocenters. The number of ether oxygens (including phenoxy) is 1. The highest BCUT2D eigenvalue weighted by Crippen LogP contribution is 2.32. The van der Waals surface area contributed by atoms with E-state index in [1.807, 2.05) is 19.9 Å². The van der Waals surface area contributed by atoms with Crippen LogP contribution in [0.25, 0.3) is 5.69 Å². The van der Waals surface area contributed by atoms with Crippen LogP contribution in [0.1, 0.15) is 23.9 Å². The molecule has 2 N–H and O–H groups in total. The van der Waals surface area contributed by atoms with Crippen LogP contribution in [0.3, 0.4) is 0 Å². The molecule has 2 heterocycles. The SMILES string of the molecule is Cc1nn(-c2ccc(Cl)c(Cl)c2)c(C)c1CC(=O)Nc1ccc2c(c1)NC(=O)C(C)O2. The molecular formula is C22H20Cl2N4O3. The number of fused-ring (bicyclic) bond motifs is 1. The van der Waals surface area contributed by atoms with Crippen molar-refractivity contribution in [3.63, 3.8) is 0 Å². The maximum atomic E-state index is 12.7. The van der Waals surface area contributed by atoms with Crippen molar-refractivity contribution in [3.05, 3.63) is 63.4 Å². The molecule has 4 rings (SSSR count). The van der Waals surface area contributed by atoms with E-state index in [0.717, 1.165) is 22.6 Å². The molecule has 3 aromatic rings. The summed E-state index contributed by atoms with van der Waals surface area (Å²) in [7, 11) is 0. The summed E-state index contributed by atoms with van der Waals surface area (Å²) >= 11 is 12.1. The van der Waals surface area contributed by atoms with Crippen molar-refractivity contribution in [2.24, 2.45) is 0 Å². The molecule has 1 atom stereocenters. The Hall–Kier alpha value is -3.03. The van der Waals surface area contributed by atoms with E-state index in [2.05, 4.69) is 15.7 Å². The molecule has 0 saturated heterocycles. The molecule has 160 valence electrons. The van der Waals surface area contributed by atoms with E-state index >= 15 is 0 Å². The van der Waals surface area contributed by atoms with Gasteiger partial charge in [0.2, 0.25) is 5.91 Å². The van der Waals surface area contributed by atoms with Crippen molar-refractivity contribution >= 4 is 46.4 Å². The van der Waals surface area contributed by atoms with Crippen molar-refractivity contribution in [2.45, 2.75) is 33.3 Å². The molecule has 2 amide bonds. The van der Waals surface area contributed by atoms with Crippen LogP contribution >= 0.6 is 23.2 Å². The molecular weight excluding hydrogens is 439 g/mol. The molecule has 0 saturated carbocycles. The highest BCUT2D eigenvalue weighted by atomic mass is 35.5. The van der Waals surface area contributed by atoms with Crippen molar-refractivity contribution in [1.82, 2.24) is 9.78 Å². The van der Waals surface area contributed by atoms with E-state index in [0.29, 0.717) is 27.2 Å². The van der Waals surface area contributed by atoms with Crippen molar-refractivity contribution in [3.8, 4) is 11.4 Å². The van der Waals surface area contributed by atoms with Gasteiger partial charge in [-0.05, 0) is 57.2 Å². The smallest absolute Gasteiger partial charge is 0.265 e. The van der Waals surface area contributed by atoms with Crippen LogP contribution < -0.4 is 15.4 Å². The van der Waals surface area contributed by atoms with Crippen LogP contribution in [-0.4, -0.2) is 27.7 Å². The standard InChI is InChI=1S/C22H20Cl2N4O3/c1-11-16(12(2)28(27-11)15-5-6-17(23)18(24)9-15)10-21(29)25-14-4-7-20-19(8-14)26-22(30)13(3)31-20/h4-9,13H,10H2,1-3H3,(H,25,29)(H,26,30). The van der Waals surface area contributed by atoms with Crippen LogP contribution in [0.2, 0.25) is 10.0 Å². The van der Waals surface area contributed by atoms with Crippen LogP contribution in [-0.2, 0) is 16.0 Å². The Balaban J connectivity index is 1.52. The molecule has 9 heteroatoms. The number of hydrogen-bond acceptors (Lipinski definition) is 4. The lowest BCUT2D eigenvalue weighted by molar-refractivity contribution is -0.122. The Bertz CT molecular complexity index is 1210. The fourth-order valence-electron chi connectivity index (χ4n) is 3.45. The van der Waals surface area contributed by atoms with E-state index < -0.39 is 6.10 Å². The van der Waals surface area contributed by atoms with Crippen molar-refractivity contribution < 1.29 is 14.3 Å². The summed E-state index contributed by atoms with van der Waals surface area (Å²) in [6, 6.07) is 10.4. The number of hydrogen-bond donors (Lipinski definition) is 2. The zero-order valence-electron chi connectivity index (χ0n) is 17.1. The average molecular weight is 459 g/mol. The second-order valence-corrected chi connectivity index (χ2v) is 8.16. The number of benzene rings is 2. The minimum absolute atomic E-state index is 0.149. The fourth-order valence-corrected chi connectivity index (χ4v) is 3.74. The lowest BCUT2D eigenvalue weighted by Gasteiger charge is -2.23. The minimum atomic E-state index is -0.550. The Morgan fingerprint density at radius 3 is 2.71 bits per heavy atom. The molecule has 0 spiro atoms. The van der Waals surface area contributed by atoms with Gasteiger partial charge in [0.15, 0.2) is 6.10 Å². The zero-order chi connectivity index (χ0) is 22.3. The van der Waals surface area contributed by atoms with Crippen LogP contribution in [0.15, 0.2) is 36.4 Å². The lowest BCUT2D eigenvalue weighted by Crippen LogP contribution is -2.34. The molecule has 0 fully saturated rings. The molecule has 1 aromatic heterocycles. The molecule has 0 bridgehead atoms. The van der Waals surface area contributed by atoms with E-state index in [4.69, 9.17) is 27.9 Å². The zero-order valence-corrected chi connectivity index (χ0v) is 18.6. The third-order valence-electron chi connectivity index (χ3n) is 5.12. The van der Waals surface area contributed by atoms with Gasteiger partial charge in [-0.15, -0.1) is 0 Å². The summed E-state index contributed by atoms with van der Waals surface area (Å²) in [6.07, 6.45) is -0.401. The van der Waals surface area contributed by atoms with Gasteiger partial charge in [-0.3, -0.25) is 9.59 Å². The molecule has 0 aliphatic carbocycles. The Kier molecular flexibility index (Phi) is 5.64. The number of carbonyl (C=O) groups excluding carboxylic acids is 2. The van der Waals surface area contributed by atoms with Crippen molar-refractivity contribution in [2.75, 3.05) is 10.6 Å². The number of rotatable bonds is 4. The van der Waals surface area contributed by atoms with Gasteiger partial charge in [0, 0.05) is 16.9 Å². The van der Waals surface area contributed by atoms with E-state index in [1.165, 1.54) is 0 Å². The van der Waals surface area contributed by atoms with Crippen LogP contribution in [0.4, 0.5) is 11.4 Å². The Morgan fingerprint density at radius 1 is 1.19 bits per heavy atom. The summed E-state index contributed by atoms with van der Waals surface area (Å²) in [5, 5.41) is 11.1. The highest BCUT2D eigenvalue weighted by Gasteiger charge is 2.24. The molecule has 1 aliphatic heterocycles. The summed E-state index contributed by atoms with van der Waals surface area (Å²) in [6.45, 7) is 5.44. The maximum Gasteiger partial charge on any atom is 0.265 e. The van der Waals surface area contributed by atoms with Gasteiger partial charge in [0.05, 0.1) is 33.5 Å². The predicted octanol–water partition coefficient (Wildman–Crippen LogP) is 4.70. The second-order valence-electron chi connectivity index (χ2n) is 7.34. The van der Waals surface area contributed by atoms with Gasteiger partial charge in [0.25, 0.3) is 5.91 Å². The molecule has 2 aromatic carbocycles. The normalized spacial score (nSPS) is 15.1. The van der Waals surface area contributed by atoms with Gasteiger partial charge >= 0.3 is 0 Å². The third-order valence-corrected chi connectivity index (χ3v) is 5.86. The summed E-state index contributed by atoms with van der Waals surface area (Å²) in [5.74, 6) is 0.146. The average Bonchev–Trinajstić information content (AvgIpc) is 2.99. The summed E-state index contributed by atoms with van der Waals surface area (Å²) in [5.41, 5.74) is 4.27. The van der Waals surface area contributed by atoms with Crippen LogP contribution in [0.5, 0.6) is 5.75 Å². The van der Waals surface area contributed by atoms with Gasteiger partial charge in [-0.2, -0.15) is 5.10 Å². The number of nitrogens with zero attached hydrogens (tertiary/aromatic N) is 2. The summed E-state index contributed by atoms with van der Waals surface area (Å²) in [4.78, 5) is 24.5. The minimum Gasteiger partial charge on any atom is -0.479 e. The van der Waals surface area contributed by atoms with Gasteiger partial charge in [0.1, 0.15) is 5.75 Å². The van der Waals surface area contributed by atoms with E-state index in [9.17, 15) is 9.59 Å². The Labute approximate surface area is 189 Å². The lowest BCUT2D eigenvalue weighted by atomic mass is 10.1. The predicted molar refractivity (Wildman–Crippen MR) is 121 cm³/mol. The number of nitrogens with one attached hydrogen (secondary N) is 2. The molecule has 0 radical (unpaired) electrons. The second kappa shape index (κ2) is 8.24. The first-order valence-electron chi connectivity index (χ1n) is 9.65. The molecule has 1 aliphatic rings. The first kappa shape index (κ1) is 21.2. The number of aromatic nitrogens is 2. The number of aryl methyl sites for hydroxylation is 1. The first-order chi connectivity index (χ1) is 14.7. The van der Waals surface area contributed by atoms with Crippen LogP contribution in [0, 0.1) is 13.8 Å². The quantitative estimate of drug-likeness (QED) is 0.593. The number of amides is 2. The topological polar surface area (TPSA) is 85.3 Å². The fraction of sp³-hybridized carbons (Fsp3) is 0.227. The maximum absolute atomic E-state index is 12.7. The van der Waals surface area contributed by atoms with Crippen molar-refractivity contribution in [1.29, 1.82) is 0 Å². The molecule has 7 nitrogen and oxygen atoms in total. The number of anilines is 2. The third kappa shape index (κ3) is 4.24. The van der Waals surface area contributed by atoms with Gasteiger partial charge in [-0.1, -0.05) is 23.2 Å². The molecule has 31 heavy (non-hydrogen) atoms. The largest absolute Gasteiger partial charge is 0.479 e. The summed E-state index contributed by atoms with van der Waals surface area (Å²) < 4.78 is 7.28. The number of carbonyl (C=O) groups is 2. The monoisotopic (exact) mass is 458 g/mol. The highest BCUT2D eigenvalue weighted by molar-refractivity contribution is 6.42. The Morgan fingerprint density at radius 2 is 1.97 bits per heavy atom. The van der Waals surface area contributed by atoms with Gasteiger partial charge in [-0.25, -0.2) is 4.68 Å². The first-order valence-corrected chi connectivity index (χ1v) is 10.4.